The fourth-order valence-electron chi connectivity index (χ4n) is 3.41. The van der Waals surface area contributed by atoms with Gasteiger partial charge in [0.1, 0.15) is 12.0 Å². The lowest BCUT2D eigenvalue weighted by atomic mass is 10.1. The van der Waals surface area contributed by atoms with Crippen LogP contribution in [0.4, 0.5) is 17.2 Å². The number of carbonyl (C=O) groups is 1. The summed E-state index contributed by atoms with van der Waals surface area (Å²) < 4.78 is 0. The molecule has 9 heteroatoms. The van der Waals surface area contributed by atoms with Crippen molar-refractivity contribution in [1.82, 2.24) is 9.88 Å². The third-order valence-electron chi connectivity index (χ3n) is 5.10. The molecule has 0 unspecified atom stereocenters. The number of rotatable bonds is 8. The van der Waals surface area contributed by atoms with E-state index in [9.17, 15) is 14.9 Å². The maximum Gasteiger partial charge on any atom is 0.288 e. The van der Waals surface area contributed by atoms with Crippen LogP contribution in [0.2, 0.25) is 0 Å². The van der Waals surface area contributed by atoms with Gasteiger partial charge in [-0.3, -0.25) is 19.8 Å². The van der Waals surface area contributed by atoms with Crippen LogP contribution in [-0.2, 0) is 0 Å². The van der Waals surface area contributed by atoms with Gasteiger partial charge in [-0.1, -0.05) is 18.2 Å². The highest BCUT2D eigenvalue weighted by Crippen LogP contribution is 2.20. The van der Waals surface area contributed by atoms with Gasteiger partial charge in [-0.2, -0.15) is 0 Å². The summed E-state index contributed by atoms with van der Waals surface area (Å²) in [5.41, 5.74) is 6.39. The number of para-hydroxylation sites is 1. The lowest BCUT2D eigenvalue weighted by Gasteiger charge is -2.36. The molecule has 1 fully saturated rings. The molecule has 9 nitrogen and oxygen atoms in total. The first-order valence-corrected chi connectivity index (χ1v) is 9.67. The molecular weight excluding hydrogens is 372 g/mol. The van der Waals surface area contributed by atoms with Crippen LogP contribution in [0.1, 0.15) is 23.7 Å². The van der Waals surface area contributed by atoms with Gasteiger partial charge in [-0.15, -0.1) is 0 Å². The fraction of sp³-hybridized carbons (Fsp3) is 0.400. The van der Waals surface area contributed by atoms with Crippen LogP contribution in [0.5, 0.6) is 0 Å². The van der Waals surface area contributed by atoms with E-state index in [1.807, 2.05) is 13.0 Å². The number of primary amides is 1. The molecule has 154 valence electrons. The minimum atomic E-state index is -0.743. The van der Waals surface area contributed by atoms with Crippen LogP contribution >= 0.6 is 0 Å². The average molecular weight is 398 g/mol. The molecule has 0 bridgehead atoms. The summed E-state index contributed by atoms with van der Waals surface area (Å²) >= 11 is 0. The molecule has 0 spiro atoms. The summed E-state index contributed by atoms with van der Waals surface area (Å²) in [6, 6.07) is 11.6. The SMILES string of the molecule is C[C@H](CCN1CCN(c2ccccc2)CC1)Nc1ncc([N+](=O)[O-])cc1C(N)=O. The Bertz CT molecular complexity index is 853. The molecule has 1 aromatic heterocycles. The van der Waals surface area contributed by atoms with Gasteiger partial charge in [-0.05, 0) is 25.5 Å². The number of anilines is 2. The molecule has 0 radical (unpaired) electrons. The second-order valence-corrected chi connectivity index (χ2v) is 7.21. The molecule has 3 rings (SSSR count). The molecule has 1 aliphatic rings. The van der Waals surface area contributed by atoms with Crippen molar-refractivity contribution in [2.24, 2.45) is 5.73 Å². The molecule has 0 saturated carbocycles. The topological polar surface area (TPSA) is 118 Å². The highest BCUT2D eigenvalue weighted by atomic mass is 16.6. The van der Waals surface area contributed by atoms with Crippen LogP contribution in [0.3, 0.4) is 0 Å². The van der Waals surface area contributed by atoms with Gasteiger partial charge >= 0.3 is 0 Å². The van der Waals surface area contributed by atoms with Crippen molar-refractivity contribution in [3.8, 4) is 0 Å². The van der Waals surface area contributed by atoms with Crippen LogP contribution in [0.15, 0.2) is 42.6 Å². The van der Waals surface area contributed by atoms with E-state index in [-0.39, 0.29) is 23.1 Å². The second kappa shape index (κ2) is 9.33. The van der Waals surface area contributed by atoms with Gasteiger partial charge in [-0.25, -0.2) is 4.98 Å². The number of amides is 1. The summed E-state index contributed by atoms with van der Waals surface area (Å²) in [5, 5.41) is 14.0. The van der Waals surface area contributed by atoms with Gasteiger partial charge in [0, 0.05) is 50.5 Å². The maximum atomic E-state index is 11.6. The van der Waals surface area contributed by atoms with Crippen LogP contribution in [0.25, 0.3) is 0 Å². The van der Waals surface area contributed by atoms with Crippen molar-refractivity contribution in [1.29, 1.82) is 0 Å². The molecule has 29 heavy (non-hydrogen) atoms. The number of hydrogen-bond donors (Lipinski definition) is 2. The minimum Gasteiger partial charge on any atom is -0.369 e. The Kier molecular flexibility index (Phi) is 6.61. The molecular formula is C20H26N6O3. The van der Waals surface area contributed by atoms with Crippen LogP contribution in [0, 0.1) is 10.1 Å². The molecule has 1 aromatic carbocycles. The highest BCUT2D eigenvalue weighted by molar-refractivity contribution is 5.98. The van der Waals surface area contributed by atoms with E-state index >= 15 is 0 Å². The zero-order valence-electron chi connectivity index (χ0n) is 16.5. The number of pyridine rings is 1. The van der Waals surface area contributed by atoms with Gasteiger partial charge in [0.15, 0.2) is 0 Å². The van der Waals surface area contributed by atoms with E-state index in [0.717, 1.165) is 51.4 Å². The van der Waals surface area contributed by atoms with E-state index in [4.69, 9.17) is 5.73 Å². The molecule has 1 atom stereocenters. The number of hydrogen-bond acceptors (Lipinski definition) is 7. The van der Waals surface area contributed by atoms with Gasteiger partial charge in [0.05, 0.1) is 10.5 Å². The molecule has 1 aliphatic heterocycles. The molecule has 3 N–H and O–H groups in total. The number of carbonyl (C=O) groups excluding carboxylic acids is 1. The normalized spacial score (nSPS) is 15.7. The van der Waals surface area contributed by atoms with Crippen LogP contribution < -0.4 is 16.0 Å². The van der Waals surface area contributed by atoms with Crippen molar-refractivity contribution in [3.05, 3.63) is 58.3 Å². The van der Waals surface area contributed by atoms with E-state index in [0.29, 0.717) is 0 Å². The standard InChI is InChI=1S/C20H26N6O3/c1-15(23-20-18(19(21)27)13-17(14-22-20)26(28)29)7-8-24-9-11-25(12-10-24)16-5-3-2-4-6-16/h2-6,13-15H,7-12H2,1H3,(H2,21,27)(H,22,23)/t15-/m1/s1. The molecule has 2 heterocycles. The number of benzene rings is 1. The van der Waals surface area contributed by atoms with E-state index < -0.39 is 10.8 Å². The number of nitrogens with zero attached hydrogens (tertiary/aromatic N) is 4. The van der Waals surface area contributed by atoms with Crippen molar-refractivity contribution in [3.63, 3.8) is 0 Å². The third-order valence-corrected chi connectivity index (χ3v) is 5.10. The monoisotopic (exact) mass is 398 g/mol. The number of nitrogens with two attached hydrogens (primary N) is 1. The second-order valence-electron chi connectivity index (χ2n) is 7.21. The maximum absolute atomic E-state index is 11.6. The van der Waals surface area contributed by atoms with E-state index in [1.165, 1.54) is 5.69 Å². The molecule has 1 amide bonds. The fourth-order valence-corrected chi connectivity index (χ4v) is 3.41. The predicted octanol–water partition coefficient (Wildman–Crippen LogP) is 2.10. The summed E-state index contributed by atoms with van der Waals surface area (Å²) in [6.07, 6.45) is 1.98. The summed E-state index contributed by atoms with van der Waals surface area (Å²) in [7, 11) is 0. The van der Waals surface area contributed by atoms with Crippen molar-refractivity contribution >= 4 is 23.1 Å². The van der Waals surface area contributed by atoms with Crippen molar-refractivity contribution < 1.29 is 9.72 Å². The Morgan fingerprint density at radius 2 is 1.97 bits per heavy atom. The summed E-state index contributed by atoms with van der Waals surface area (Å²) in [5.74, 6) is -0.461. The minimum absolute atomic E-state index is 0.0301. The first-order chi connectivity index (χ1) is 13.9. The number of piperazine rings is 1. The van der Waals surface area contributed by atoms with Crippen molar-refractivity contribution in [2.75, 3.05) is 42.9 Å². The summed E-state index contributed by atoms with van der Waals surface area (Å²) in [4.78, 5) is 30.8. The zero-order chi connectivity index (χ0) is 20.8. The Hall–Kier alpha value is -3.20. The van der Waals surface area contributed by atoms with E-state index in [1.54, 1.807) is 0 Å². The highest BCUT2D eigenvalue weighted by Gasteiger charge is 2.20. The van der Waals surface area contributed by atoms with Gasteiger partial charge in [0.25, 0.3) is 11.6 Å². The van der Waals surface area contributed by atoms with Crippen molar-refractivity contribution in [2.45, 2.75) is 19.4 Å². The molecule has 0 aliphatic carbocycles. The average Bonchev–Trinajstić information content (AvgIpc) is 2.73. The Morgan fingerprint density at radius 3 is 2.59 bits per heavy atom. The largest absolute Gasteiger partial charge is 0.369 e. The third kappa shape index (κ3) is 5.41. The first kappa shape index (κ1) is 20.5. The lowest BCUT2D eigenvalue weighted by molar-refractivity contribution is -0.385. The lowest BCUT2D eigenvalue weighted by Crippen LogP contribution is -2.47. The van der Waals surface area contributed by atoms with Crippen LogP contribution in [-0.4, -0.2) is 59.5 Å². The zero-order valence-corrected chi connectivity index (χ0v) is 16.5. The number of nitro groups is 1. The number of nitrogens with one attached hydrogen (secondary N) is 1. The number of aromatic nitrogens is 1. The molecule has 2 aromatic rings. The Balaban J connectivity index is 1.50. The quantitative estimate of drug-likeness (QED) is 0.516. The Labute approximate surface area is 169 Å². The first-order valence-electron chi connectivity index (χ1n) is 9.67. The summed E-state index contributed by atoms with van der Waals surface area (Å²) in [6.45, 7) is 6.86. The molecule has 1 saturated heterocycles. The Morgan fingerprint density at radius 1 is 1.28 bits per heavy atom. The predicted molar refractivity (Wildman–Crippen MR) is 112 cm³/mol. The van der Waals surface area contributed by atoms with Gasteiger partial charge < -0.3 is 16.0 Å². The smallest absolute Gasteiger partial charge is 0.288 e. The van der Waals surface area contributed by atoms with E-state index in [2.05, 4.69) is 44.4 Å². The van der Waals surface area contributed by atoms with Gasteiger partial charge in [0.2, 0.25) is 0 Å².